The van der Waals surface area contributed by atoms with Crippen molar-refractivity contribution in [3.63, 3.8) is 0 Å². The Morgan fingerprint density at radius 1 is 1.33 bits per heavy atom. The van der Waals surface area contributed by atoms with Crippen molar-refractivity contribution in [1.29, 1.82) is 0 Å². The third-order valence-corrected chi connectivity index (χ3v) is 2.48. The lowest BCUT2D eigenvalue weighted by Crippen LogP contribution is -2.10. The van der Waals surface area contributed by atoms with Gasteiger partial charge in [0.15, 0.2) is 11.5 Å². The number of nitrogens with two attached hydrogens (primary N) is 1. The molecule has 0 amide bonds. The summed E-state index contributed by atoms with van der Waals surface area (Å²) in [5.41, 5.74) is 6.22. The van der Waals surface area contributed by atoms with Crippen LogP contribution in [0, 0.1) is 0 Å². The van der Waals surface area contributed by atoms with E-state index in [-0.39, 0.29) is 24.0 Å². The van der Waals surface area contributed by atoms with Gasteiger partial charge in [0.2, 0.25) is 0 Å². The van der Waals surface area contributed by atoms with Gasteiger partial charge in [0.1, 0.15) is 4.99 Å². The van der Waals surface area contributed by atoms with Gasteiger partial charge in [0, 0.05) is 5.56 Å². The van der Waals surface area contributed by atoms with Crippen LogP contribution in [0.2, 0.25) is 0 Å². The third-order valence-electron chi connectivity index (χ3n) is 2.24. The van der Waals surface area contributed by atoms with Gasteiger partial charge in [-0.25, -0.2) is 0 Å². The number of carbonyl (C=O) groups excluding carboxylic acids is 1. The molecular formula is C12H15NO4S. The maximum absolute atomic E-state index is 10.9. The van der Waals surface area contributed by atoms with E-state index in [1.807, 2.05) is 0 Å². The Labute approximate surface area is 111 Å². The first-order valence-electron chi connectivity index (χ1n) is 5.26. The Bertz CT molecular complexity index is 448. The van der Waals surface area contributed by atoms with Crippen molar-refractivity contribution in [2.75, 3.05) is 20.8 Å². The van der Waals surface area contributed by atoms with E-state index in [1.165, 1.54) is 14.2 Å². The van der Waals surface area contributed by atoms with Crippen molar-refractivity contribution < 1.29 is 19.0 Å². The van der Waals surface area contributed by atoms with Crippen LogP contribution in [0.25, 0.3) is 0 Å². The first kappa shape index (κ1) is 14.2. The van der Waals surface area contributed by atoms with Crippen LogP contribution in [0.5, 0.6) is 11.5 Å². The second-order valence-electron chi connectivity index (χ2n) is 3.40. The van der Waals surface area contributed by atoms with Crippen LogP contribution in [-0.4, -0.2) is 31.8 Å². The van der Waals surface area contributed by atoms with Gasteiger partial charge in [-0.1, -0.05) is 12.2 Å². The van der Waals surface area contributed by atoms with Gasteiger partial charge in [-0.2, -0.15) is 0 Å². The molecular weight excluding hydrogens is 254 g/mol. The first-order valence-corrected chi connectivity index (χ1v) is 5.66. The second kappa shape index (κ2) is 6.80. The molecule has 0 radical (unpaired) electrons. The average Bonchev–Trinajstić information content (AvgIpc) is 2.38. The van der Waals surface area contributed by atoms with Crippen molar-refractivity contribution in [3.05, 3.63) is 23.8 Å². The lowest BCUT2D eigenvalue weighted by atomic mass is 10.2. The third kappa shape index (κ3) is 3.89. The summed E-state index contributed by atoms with van der Waals surface area (Å²) in [6.07, 6.45) is 0.177. The molecule has 0 spiro atoms. The molecule has 0 atom stereocenters. The molecule has 0 bridgehead atoms. The number of hydrogen-bond donors (Lipinski definition) is 1. The smallest absolute Gasteiger partial charge is 0.308 e. The van der Waals surface area contributed by atoms with Crippen molar-refractivity contribution in [3.8, 4) is 11.5 Å². The van der Waals surface area contributed by atoms with Crippen LogP contribution >= 0.6 is 12.2 Å². The zero-order valence-corrected chi connectivity index (χ0v) is 11.1. The average molecular weight is 269 g/mol. The summed E-state index contributed by atoms with van der Waals surface area (Å²) in [6.45, 7) is 0.218. The van der Waals surface area contributed by atoms with Gasteiger partial charge in [0.05, 0.1) is 27.2 Å². The van der Waals surface area contributed by atoms with Crippen LogP contribution in [-0.2, 0) is 9.53 Å². The standard InChI is InChI=1S/C12H15NO4S/c1-15-10-7-8(12(13)18)3-4-9(10)17-6-5-11(14)16-2/h3-4,7H,5-6H2,1-2H3,(H2,13,18). The van der Waals surface area contributed by atoms with Crippen molar-refractivity contribution >= 4 is 23.2 Å². The minimum Gasteiger partial charge on any atom is -0.493 e. The number of methoxy groups -OCH3 is 2. The predicted octanol–water partition coefficient (Wildman–Crippen LogP) is 1.27. The Hall–Kier alpha value is -1.82. The molecule has 1 rings (SSSR count). The highest BCUT2D eigenvalue weighted by Crippen LogP contribution is 2.28. The molecule has 0 aromatic heterocycles. The molecule has 0 heterocycles. The maximum Gasteiger partial charge on any atom is 0.308 e. The van der Waals surface area contributed by atoms with E-state index >= 15 is 0 Å². The number of benzene rings is 1. The van der Waals surface area contributed by atoms with Crippen LogP contribution in [0.3, 0.4) is 0 Å². The predicted molar refractivity (Wildman–Crippen MR) is 71.0 cm³/mol. The number of carbonyl (C=O) groups is 1. The minimum absolute atomic E-state index is 0.177. The van der Waals surface area contributed by atoms with Crippen LogP contribution in [0.1, 0.15) is 12.0 Å². The highest BCUT2D eigenvalue weighted by Gasteiger charge is 2.08. The molecule has 5 nitrogen and oxygen atoms in total. The van der Waals surface area contributed by atoms with Gasteiger partial charge >= 0.3 is 5.97 Å². The fraction of sp³-hybridized carbons (Fsp3) is 0.333. The number of rotatable bonds is 6. The SMILES string of the molecule is COC(=O)CCOc1ccc(C(N)=S)cc1OC. The molecule has 1 aromatic rings. The lowest BCUT2D eigenvalue weighted by Gasteiger charge is -2.11. The minimum atomic E-state index is -0.325. The molecule has 0 aliphatic heterocycles. The summed E-state index contributed by atoms with van der Waals surface area (Å²) in [5, 5.41) is 0. The van der Waals surface area contributed by atoms with E-state index in [0.29, 0.717) is 17.1 Å². The van der Waals surface area contributed by atoms with Crippen molar-refractivity contribution in [1.82, 2.24) is 0 Å². The number of ether oxygens (including phenoxy) is 3. The van der Waals surface area contributed by atoms with Crippen LogP contribution in [0.4, 0.5) is 0 Å². The zero-order valence-electron chi connectivity index (χ0n) is 10.3. The van der Waals surface area contributed by atoms with Crippen LogP contribution in [0.15, 0.2) is 18.2 Å². The fourth-order valence-corrected chi connectivity index (χ4v) is 1.41. The highest BCUT2D eigenvalue weighted by molar-refractivity contribution is 7.80. The fourth-order valence-electron chi connectivity index (χ4n) is 1.29. The van der Waals surface area contributed by atoms with Crippen LogP contribution < -0.4 is 15.2 Å². The molecule has 1 aromatic carbocycles. The summed E-state index contributed by atoms with van der Waals surface area (Å²) in [7, 11) is 2.85. The number of esters is 1. The van der Waals surface area contributed by atoms with E-state index in [0.717, 1.165) is 0 Å². The number of hydrogen-bond acceptors (Lipinski definition) is 5. The Morgan fingerprint density at radius 3 is 2.61 bits per heavy atom. The molecule has 0 unspecified atom stereocenters. The first-order chi connectivity index (χ1) is 8.58. The van der Waals surface area contributed by atoms with E-state index in [9.17, 15) is 4.79 Å². The molecule has 0 aliphatic rings. The highest BCUT2D eigenvalue weighted by atomic mass is 32.1. The van der Waals surface area contributed by atoms with Gasteiger partial charge in [0.25, 0.3) is 0 Å². The summed E-state index contributed by atoms with van der Waals surface area (Å²) in [5.74, 6) is 0.722. The normalized spacial score (nSPS) is 9.67. The summed E-state index contributed by atoms with van der Waals surface area (Å²) in [4.78, 5) is 11.2. The summed E-state index contributed by atoms with van der Waals surface area (Å²) in [6, 6.07) is 5.12. The van der Waals surface area contributed by atoms with E-state index in [2.05, 4.69) is 4.74 Å². The zero-order chi connectivity index (χ0) is 13.5. The van der Waals surface area contributed by atoms with E-state index < -0.39 is 0 Å². The molecule has 0 aliphatic carbocycles. The Kier molecular flexibility index (Phi) is 5.38. The molecule has 18 heavy (non-hydrogen) atoms. The quantitative estimate of drug-likeness (QED) is 0.619. The molecule has 0 saturated carbocycles. The van der Waals surface area contributed by atoms with E-state index in [1.54, 1.807) is 18.2 Å². The maximum atomic E-state index is 10.9. The van der Waals surface area contributed by atoms with Gasteiger partial charge in [-0.05, 0) is 18.2 Å². The second-order valence-corrected chi connectivity index (χ2v) is 3.84. The van der Waals surface area contributed by atoms with Crippen molar-refractivity contribution in [2.45, 2.75) is 6.42 Å². The summed E-state index contributed by atoms with van der Waals surface area (Å²) >= 11 is 4.87. The number of thiocarbonyl (C=S) groups is 1. The Morgan fingerprint density at radius 2 is 2.06 bits per heavy atom. The van der Waals surface area contributed by atoms with Gasteiger partial charge in [-0.3, -0.25) is 4.79 Å². The van der Waals surface area contributed by atoms with Gasteiger partial charge < -0.3 is 19.9 Å². The largest absolute Gasteiger partial charge is 0.493 e. The monoisotopic (exact) mass is 269 g/mol. The molecule has 6 heteroatoms. The topological polar surface area (TPSA) is 70.8 Å². The molecule has 2 N–H and O–H groups in total. The molecule has 0 saturated heterocycles. The van der Waals surface area contributed by atoms with Gasteiger partial charge in [-0.15, -0.1) is 0 Å². The Balaban J connectivity index is 2.71. The van der Waals surface area contributed by atoms with Crippen molar-refractivity contribution in [2.24, 2.45) is 5.73 Å². The lowest BCUT2D eigenvalue weighted by molar-refractivity contribution is -0.141. The van der Waals surface area contributed by atoms with E-state index in [4.69, 9.17) is 27.4 Å². The summed E-state index contributed by atoms with van der Waals surface area (Å²) < 4.78 is 15.1. The molecule has 98 valence electrons. The molecule has 0 fully saturated rings.